The number of nitrogens with zero attached hydrogens (tertiary/aromatic N) is 3. The number of thiazole rings is 1. The third-order valence-corrected chi connectivity index (χ3v) is 5.89. The molecule has 0 radical (unpaired) electrons. The Morgan fingerprint density at radius 1 is 1.10 bits per heavy atom. The molecule has 0 aliphatic carbocycles. The molecule has 3 aromatic rings. The van der Waals surface area contributed by atoms with E-state index < -0.39 is 0 Å². The van der Waals surface area contributed by atoms with Crippen molar-refractivity contribution < 1.29 is 14.0 Å². The van der Waals surface area contributed by atoms with Gasteiger partial charge < -0.3 is 9.80 Å². The number of benzene rings is 2. The van der Waals surface area contributed by atoms with Crippen molar-refractivity contribution in [1.29, 1.82) is 0 Å². The molecule has 1 aromatic heterocycles. The summed E-state index contributed by atoms with van der Waals surface area (Å²) in [4.78, 5) is 33.4. The molecule has 154 valence electrons. The molecule has 0 unspecified atom stereocenters. The Kier molecular flexibility index (Phi) is 5.87. The molecule has 8 heteroatoms. The predicted molar refractivity (Wildman–Crippen MR) is 117 cm³/mol. The maximum atomic E-state index is 12.9. The minimum absolute atomic E-state index is 0.0196. The van der Waals surface area contributed by atoms with Crippen molar-refractivity contribution in [1.82, 2.24) is 14.8 Å². The molecule has 1 saturated heterocycles. The lowest BCUT2D eigenvalue weighted by Gasteiger charge is -2.32. The minimum atomic E-state index is -0.327. The van der Waals surface area contributed by atoms with Crippen LogP contribution in [0.15, 0.2) is 48.5 Å². The average molecular weight is 425 g/mol. The second-order valence-corrected chi connectivity index (χ2v) is 8.20. The molecule has 0 atom stereocenters. The van der Waals surface area contributed by atoms with Crippen LogP contribution in [0.2, 0.25) is 0 Å². The van der Waals surface area contributed by atoms with E-state index in [1.54, 1.807) is 30.3 Å². The number of aromatic nitrogens is 1. The fourth-order valence-corrected chi connectivity index (χ4v) is 4.10. The van der Waals surface area contributed by atoms with Crippen LogP contribution >= 0.6 is 11.3 Å². The largest absolute Gasteiger partial charge is 0.336 e. The highest BCUT2D eigenvalue weighted by molar-refractivity contribution is 7.22. The highest BCUT2D eigenvalue weighted by Gasteiger charge is 2.21. The molecule has 4 rings (SSSR count). The van der Waals surface area contributed by atoms with Crippen molar-refractivity contribution in [3.63, 3.8) is 0 Å². The van der Waals surface area contributed by atoms with Crippen molar-refractivity contribution in [3.8, 4) is 0 Å². The summed E-state index contributed by atoms with van der Waals surface area (Å²) in [6, 6.07) is 11.3. The monoisotopic (exact) mass is 424 g/mol. The summed E-state index contributed by atoms with van der Waals surface area (Å²) in [7, 11) is 2.05. The van der Waals surface area contributed by atoms with Gasteiger partial charge >= 0.3 is 0 Å². The topological polar surface area (TPSA) is 65.5 Å². The van der Waals surface area contributed by atoms with Crippen LogP contribution in [0, 0.1) is 5.82 Å². The number of piperazine rings is 1. The fraction of sp³-hybridized carbons (Fsp3) is 0.227. The Morgan fingerprint density at radius 2 is 1.83 bits per heavy atom. The Labute approximate surface area is 177 Å². The van der Waals surface area contributed by atoms with Gasteiger partial charge in [-0.05, 0) is 49.0 Å². The zero-order valence-electron chi connectivity index (χ0n) is 16.5. The molecule has 1 aliphatic rings. The fourth-order valence-electron chi connectivity index (χ4n) is 3.20. The van der Waals surface area contributed by atoms with Gasteiger partial charge in [0.2, 0.25) is 5.91 Å². The van der Waals surface area contributed by atoms with Crippen LogP contribution in [0.3, 0.4) is 0 Å². The second-order valence-electron chi connectivity index (χ2n) is 7.17. The van der Waals surface area contributed by atoms with Crippen molar-refractivity contribution in [2.75, 3.05) is 38.5 Å². The summed E-state index contributed by atoms with van der Waals surface area (Å²) in [5.74, 6) is -0.630. The molecule has 0 bridgehead atoms. The molecule has 1 fully saturated rings. The first kappa shape index (κ1) is 20.2. The van der Waals surface area contributed by atoms with Gasteiger partial charge in [0.25, 0.3) is 5.91 Å². The van der Waals surface area contributed by atoms with Crippen molar-refractivity contribution >= 4 is 44.6 Å². The second kappa shape index (κ2) is 8.73. The molecule has 1 aliphatic heterocycles. The summed E-state index contributed by atoms with van der Waals surface area (Å²) in [5.41, 5.74) is 2.08. The number of anilines is 1. The molecular weight excluding hydrogens is 403 g/mol. The molecule has 2 heterocycles. The lowest BCUT2D eigenvalue weighted by molar-refractivity contribution is -0.111. The van der Waals surface area contributed by atoms with Gasteiger partial charge in [0.15, 0.2) is 5.13 Å². The highest BCUT2D eigenvalue weighted by atomic mass is 32.1. The van der Waals surface area contributed by atoms with Crippen LogP contribution in [0.5, 0.6) is 0 Å². The maximum absolute atomic E-state index is 12.9. The first-order valence-electron chi connectivity index (χ1n) is 9.61. The lowest BCUT2D eigenvalue weighted by Crippen LogP contribution is -2.47. The summed E-state index contributed by atoms with van der Waals surface area (Å²) < 4.78 is 13.8. The Hall–Kier alpha value is -3.10. The summed E-state index contributed by atoms with van der Waals surface area (Å²) in [6.07, 6.45) is 2.98. The van der Waals surface area contributed by atoms with E-state index in [-0.39, 0.29) is 17.6 Å². The van der Waals surface area contributed by atoms with Gasteiger partial charge in [-0.25, -0.2) is 9.37 Å². The number of nitrogens with one attached hydrogen (secondary N) is 1. The number of likely N-dealkylation sites (N-methyl/N-ethyl adjacent to an activating group) is 1. The van der Waals surface area contributed by atoms with Crippen molar-refractivity contribution in [3.05, 3.63) is 65.5 Å². The Morgan fingerprint density at radius 3 is 2.57 bits per heavy atom. The van der Waals surface area contributed by atoms with Crippen LogP contribution in [0.25, 0.3) is 16.3 Å². The molecule has 0 spiro atoms. The quantitative estimate of drug-likeness (QED) is 0.652. The standard InChI is InChI=1S/C22H21FN4O2S/c1-26-10-12-27(13-11-26)21(29)16-5-8-18-19(14-16)30-22(24-18)25-20(28)9-4-15-2-6-17(23)7-3-15/h2-9,14H,10-13H2,1H3,(H,24,25,28)/b9-4+. The summed E-state index contributed by atoms with van der Waals surface area (Å²) in [6.45, 7) is 3.18. The lowest BCUT2D eigenvalue weighted by atomic mass is 10.1. The van der Waals surface area contributed by atoms with E-state index in [9.17, 15) is 14.0 Å². The summed E-state index contributed by atoms with van der Waals surface area (Å²) >= 11 is 1.32. The van der Waals surface area contributed by atoms with Crippen molar-refractivity contribution in [2.45, 2.75) is 0 Å². The zero-order chi connectivity index (χ0) is 21.1. The van der Waals surface area contributed by atoms with Crippen LogP contribution < -0.4 is 5.32 Å². The van der Waals surface area contributed by atoms with E-state index in [2.05, 4.69) is 22.2 Å². The van der Waals surface area contributed by atoms with E-state index in [1.165, 1.54) is 29.5 Å². The van der Waals surface area contributed by atoms with Gasteiger partial charge in [0.05, 0.1) is 10.2 Å². The first-order valence-corrected chi connectivity index (χ1v) is 10.4. The number of carbonyl (C=O) groups is 2. The third-order valence-electron chi connectivity index (χ3n) is 4.95. The van der Waals surface area contributed by atoms with E-state index in [4.69, 9.17) is 0 Å². The van der Waals surface area contributed by atoms with Gasteiger partial charge in [-0.2, -0.15) is 0 Å². The van der Waals surface area contributed by atoms with Crippen LogP contribution in [-0.2, 0) is 4.79 Å². The van der Waals surface area contributed by atoms with Crippen LogP contribution in [0.1, 0.15) is 15.9 Å². The molecule has 1 N–H and O–H groups in total. The average Bonchev–Trinajstić information content (AvgIpc) is 3.14. The SMILES string of the molecule is CN1CCN(C(=O)c2ccc3nc(NC(=O)/C=C/c4ccc(F)cc4)sc3c2)CC1. The number of carbonyl (C=O) groups excluding carboxylic acids is 2. The maximum Gasteiger partial charge on any atom is 0.253 e. The number of rotatable bonds is 4. The highest BCUT2D eigenvalue weighted by Crippen LogP contribution is 2.27. The third kappa shape index (κ3) is 4.72. The minimum Gasteiger partial charge on any atom is -0.336 e. The van der Waals surface area contributed by atoms with Gasteiger partial charge in [0, 0.05) is 37.8 Å². The van der Waals surface area contributed by atoms with E-state index in [1.807, 2.05) is 11.0 Å². The first-order chi connectivity index (χ1) is 14.5. The zero-order valence-corrected chi connectivity index (χ0v) is 17.3. The van der Waals surface area contributed by atoms with Crippen molar-refractivity contribution in [2.24, 2.45) is 0 Å². The molecular formula is C22H21FN4O2S. The van der Waals surface area contributed by atoms with Gasteiger partial charge in [-0.1, -0.05) is 23.5 Å². The smallest absolute Gasteiger partial charge is 0.253 e. The van der Waals surface area contributed by atoms with E-state index in [0.29, 0.717) is 10.7 Å². The molecule has 6 nitrogen and oxygen atoms in total. The van der Waals surface area contributed by atoms with Gasteiger partial charge in [-0.3, -0.25) is 14.9 Å². The van der Waals surface area contributed by atoms with Crippen LogP contribution in [0.4, 0.5) is 9.52 Å². The molecule has 2 amide bonds. The van der Waals surface area contributed by atoms with E-state index in [0.717, 1.165) is 42.0 Å². The number of amides is 2. The number of fused-ring (bicyclic) bond motifs is 1. The number of halogens is 1. The normalized spacial score (nSPS) is 15.1. The summed E-state index contributed by atoms with van der Waals surface area (Å²) in [5, 5.41) is 3.20. The predicted octanol–water partition coefficient (Wildman–Crippen LogP) is 3.47. The Balaban J connectivity index is 1.43. The molecule has 2 aromatic carbocycles. The molecule has 0 saturated carbocycles. The van der Waals surface area contributed by atoms with Crippen LogP contribution in [-0.4, -0.2) is 59.8 Å². The van der Waals surface area contributed by atoms with Gasteiger partial charge in [-0.15, -0.1) is 0 Å². The van der Waals surface area contributed by atoms with E-state index >= 15 is 0 Å². The number of hydrogen-bond acceptors (Lipinski definition) is 5. The Bertz CT molecular complexity index is 1100. The van der Waals surface area contributed by atoms with Gasteiger partial charge in [0.1, 0.15) is 5.82 Å². The molecule has 30 heavy (non-hydrogen) atoms. The number of hydrogen-bond donors (Lipinski definition) is 1.